The number of thiol groups is 4. The first-order valence-electron chi connectivity index (χ1n) is 6.99. The predicted octanol–water partition coefficient (Wildman–Crippen LogP) is 6.51. The van der Waals surface area contributed by atoms with Gasteiger partial charge in [-0.15, -0.1) is 74.0 Å². The fourth-order valence-electron chi connectivity index (χ4n) is 2.92. The summed E-state index contributed by atoms with van der Waals surface area (Å²) >= 11 is 22.1. The quantitative estimate of drug-likeness (QED) is 0.394. The van der Waals surface area contributed by atoms with Gasteiger partial charge in [0, 0.05) is 40.6 Å². The van der Waals surface area contributed by atoms with Crippen molar-refractivity contribution in [3.8, 4) is 0 Å². The minimum Gasteiger partial charge on any atom is -0.142 e. The second kappa shape index (κ2) is 7.79. The molecule has 22 heavy (non-hydrogen) atoms. The smallest absolute Gasteiger partial charge is 0.0326 e. The second-order valence-corrected chi connectivity index (χ2v) is 8.30. The zero-order chi connectivity index (χ0) is 16.6. The molecule has 0 aromatic heterocycles. The topological polar surface area (TPSA) is 0 Å². The molecule has 0 nitrogen and oxygen atoms in total. The molecule has 2 rings (SSSR count). The highest BCUT2D eigenvalue weighted by Gasteiger charge is 2.33. The fraction of sp³-hybridized carbons (Fsp3) is 0.375. The van der Waals surface area contributed by atoms with Crippen molar-refractivity contribution in [3.05, 3.63) is 51.7 Å². The fourth-order valence-corrected chi connectivity index (χ4v) is 6.35. The third kappa shape index (κ3) is 2.93. The van der Waals surface area contributed by atoms with Crippen molar-refractivity contribution in [2.75, 3.05) is 12.5 Å². The number of thioether (sulfide) groups is 2. The van der Waals surface area contributed by atoms with E-state index in [1.165, 1.54) is 26.5 Å². The minimum atomic E-state index is 0.811. The molecule has 0 radical (unpaired) electrons. The molecule has 0 atom stereocenters. The molecule has 0 unspecified atom stereocenters. The molecular weight excluding hydrogens is 385 g/mol. The Hall–Kier alpha value is 0.800. The van der Waals surface area contributed by atoms with Crippen LogP contribution in [0.2, 0.25) is 0 Å². The number of rotatable bonds is 4. The van der Waals surface area contributed by atoms with Crippen molar-refractivity contribution in [3.63, 3.8) is 0 Å². The van der Waals surface area contributed by atoms with Crippen LogP contribution in [0.15, 0.2) is 51.7 Å². The van der Waals surface area contributed by atoms with E-state index in [0.29, 0.717) is 0 Å². The lowest BCUT2D eigenvalue weighted by molar-refractivity contribution is 1.05. The maximum absolute atomic E-state index is 4.70. The summed E-state index contributed by atoms with van der Waals surface area (Å²) in [4.78, 5) is 6.10. The molecular formula is C16H20S6. The van der Waals surface area contributed by atoms with E-state index in [2.05, 4.69) is 51.6 Å². The summed E-state index contributed by atoms with van der Waals surface area (Å²) in [6.07, 6.45) is 6.33. The molecule has 2 aliphatic rings. The van der Waals surface area contributed by atoms with Gasteiger partial charge in [0.2, 0.25) is 0 Å². The van der Waals surface area contributed by atoms with Crippen molar-refractivity contribution in [2.45, 2.75) is 26.7 Å². The second-order valence-electron chi connectivity index (χ2n) is 4.88. The highest BCUT2D eigenvalue weighted by atomic mass is 32.2. The molecule has 0 spiro atoms. The molecule has 0 saturated carbocycles. The molecule has 0 fully saturated rings. The standard InChI is InChI=1S/C16H20S6/c1-5-7-8(6-2)15(21-3)16(22-4)9(7)10-11(17)13(19)14(20)12(10)18/h17-20H,5-6H2,1-4H3. The van der Waals surface area contributed by atoms with Crippen molar-refractivity contribution in [2.24, 2.45) is 0 Å². The predicted molar refractivity (Wildman–Crippen MR) is 119 cm³/mol. The van der Waals surface area contributed by atoms with Crippen LogP contribution in [0.1, 0.15) is 26.7 Å². The van der Waals surface area contributed by atoms with Crippen molar-refractivity contribution in [1.82, 2.24) is 0 Å². The van der Waals surface area contributed by atoms with Crippen LogP contribution in [-0.2, 0) is 0 Å². The molecule has 2 aliphatic carbocycles. The molecule has 0 aliphatic heterocycles. The maximum Gasteiger partial charge on any atom is 0.0326 e. The molecule has 120 valence electrons. The van der Waals surface area contributed by atoms with Gasteiger partial charge in [0.15, 0.2) is 0 Å². The van der Waals surface area contributed by atoms with Gasteiger partial charge in [0.25, 0.3) is 0 Å². The third-order valence-electron chi connectivity index (χ3n) is 3.89. The first-order valence-corrected chi connectivity index (χ1v) is 11.2. The SMILES string of the molecule is CCC1=C(CC)C(=C2C(S)=C(S)C(S)=C2S)C(SC)=C1SC. The lowest BCUT2D eigenvalue weighted by atomic mass is 9.98. The van der Waals surface area contributed by atoms with Crippen LogP contribution < -0.4 is 0 Å². The van der Waals surface area contributed by atoms with Gasteiger partial charge in [-0.05, 0) is 36.5 Å². The van der Waals surface area contributed by atoms with Gasteiger partial charge in [-0.25, -0.2) is 0 Å². The van der Waals surface area contributed by atoms with Crippen LogP contribution in [-0.4, -0.2) is 12.5 Å². The van der Waals surface area contributed by atoms with Gasteiger partial charge in [0.1, 0.15) is 0 Å². The largest absolute Gasteiger partial charge is 0.142 e. The Labute approximate surface area is 164 Å². The first-order chi connectivity index (χ1) is 10.4. The van der Waals surface area contributed by atoms with Gasteiger partial charge < -0.3 is 0 Å². The van der Waals surface area contributed by atoms with E-state index in [4.69, 9.17) is 25.3 Å². The summed E-state index contributed by atoms with van der Waals surface area (Å²) in [7, 11) is 0. The Balaban J connectivity index is 2.87. The molecule has 0 saturated heterocycles. The van der Waals surface area contributed by atoms with Crippen LogP contribution in [0.4, 0.5) is 0 Å². The van der Waals surface area contributed by atoms with Crippen molar-refractivity contribution in [1.29, 1.82) is 0 Å². The monoisotopic (exact) mass is 404 g/mol. The summed E-state index contributed by atoms with van der Waals surface area (Å²) < 4.78 is 0. The minimum absolute atomic E-state index is 0.811. The van der Waals surface area contributed by atoms with Crippen LogP contribution in [0, 0.1) is 0 Å². The van der Waals surface area contributed by atoms with E-state index in [-0.39, 0.29) is 0 Å². The zero-order valence-corrected chi connectivity index (χ0v) is 18.2. The van der Waals surface area contributed by atoms with Crippen molar-refractivity contribution >= 4 is 74.0 Å². The van der Waals surface area contributed by atoms with Gasteiger partial charge in [-0.3, -0.25) is 0 Å². The average Bonchev–Trinajstić information content (AvgIpc) is 2.93. The zero-order valence-electron chi connectivity index (χ0n) is 13.0. The highest BCUT2D eigenvalue weighted by Crippen LogP contribution is 2.55. The Morgan fingerprint density at radius 3 is 1.45 bits per heavy atom. The summed E-state index contributed by atoms with van der Waals surface area (Å²) in [5, 5.41) is 0. The van der Waals surface area contributed by atoms with Crippen LogP contribution >= 0.6 is 74.0 Å². The van der Waals surface area contributed by atoms with E-state index in [0.717, 1.165) is 38.0 Å². The van der Waals surface area contributed by atoms with E-state index in [1.807, 2.05) is 11.8 Å². The lowest BCUT2D eigenvalue weighted by Gasteiger charge is -2.14. The van der Waals surface area contributed by atoms with Crippen LogP contribution in [0.25, 0.3) is 0 Å². The molecule has 0 N–H and O–H groups in total. The normalized spacial score (nSPS) is 19.6. The number of hydrogen-bond donors (Lipinski definition) is 4. The first kappa shape index (κ1) is 19.1. The van der Waals surface area contributed by atoms with Gasteiger partial charge in [-0.2, -0.15) is 0 Å². The number of allylic oxidation sites excluding steroid dienone is 5. The summed E-state index contributed by atoms with van der Waals surface area (Å²) in [6, 6.07) is 0. The molecule has 0 heterocycles. The van der Waals surface area contributed by atoms with Crippen molar-refractivity contribution < 1.29 is 0 Å². The Morgan fingerprint density at radius 2 is 1.09 bits per heavy atom. The van der Waals surface area contributed by atoms with E-state index < -0.39 is 0 Å². The van der Waals surface area contributed by atoms with E-state index in [1.54, 1.807) is 11.8 Å². The van der Waals surface area contributed by atoms with E-state index in [9.17, 15) is 0 Å². The van der Waals surface area contributed by atoms with Gasteiger partial charge in [-0.1, -0.05) is 13.8 Å². The molecule has 0 aromatic rings. The average molecular weight is 405 g/mol. The van der Waals surface area contributed by atoms with Gasteiger partial charge in [0.05, 0.1) is 0 Å². The van der Waals surface area contributed by atoms with Gasteiger partial charge >= 0.3 is 0 Å². The maximum atomic E-state index is 4.70. The third-order valence-corrected chi connectivity index (χ3v) is 8.01. The molecule has 0 bridgehead atoms. The van der Waals surface area contributed by atoms with E-state index >= 15 is 0 Å². The molecule has 6 heteroatoms. The Bertz CT molecular complexity index is 617. The summed E-state index contributed by atoms with van der Waals surface area (Å²) in [5.74, 6) is 0. The molecule has 0 aromatic carbocycles. The molecule has 0 amide bonds. The van der Waals surface area contributed by atoms with Crippen LogP contribution in [0.3, 0.4) is 0 Å². The number of hydrogen-bond acceptors (Lipinski definition) is 6. The summed E-state index contributed by atoms with van der Waals surface area (Å²) in [5.41, 5.74) is 5.23. The van der Waals surface area contributed by atoms with Crippen LogP contribution in [0.5, 0.6) is 0 Å². The highest BCUT2D eigenvalue weighted by molar-refractivity contribution is 8.06. The lowest BCUT2D eigenvalue weighted by Crippen LogP contribution is -1.95. The summed E-state index contributed by atoms with van der Waals surface area (Å²) in [6.45, 7) is 4.44. The Kier molecular flexibility index (Phi) is 6.77. The Morgan fingerprint density at radius 1 is 0.636 bits per heavy atom.